The molecule has 9 heteroatoms. The van der Waals surface area contributed by atoms with Gasteiger partial charge in [-0.25, -0.2) is 0 Å². The Bertz CT molecular complexity index is 1030. The van der Waals surface area contributed by atoms with Gasteiger partial charge in [-0.3, -0.25) is 4.79 Å². The molecule has 1 aliphatic heterocycles. The van der Waals surface area contributed by atoms with Crippen molar-refractivity contribution in [2.75, 3.05) is 13.2 Å². The van der Waals surface area contributed by atoms with Gasteiger partial charge in [-0.1, -0.05) is 251 Å². The summed E-state index contributed by atoms with van der Waals surface area (Å²) >= 11 is 0. The molecule has 1 rings (SSSR count). The largest absolute Gasteiger partial charge is 0.394 e. The molecule has 7 atom stereocenters. The van der Waals surface area contributed by atoms with Gasteiger partial charge in [-0.15, -0.1) is 0 Å². The van der Waals surface area contributed by atoms with Gasteiger partial charge in [-0.2, -0.15) is 0 Å². The van der Waals surface area contributed by atoms with Crippen LogP contribution in [0.15, 0.2) is 12.2 Å². The fraction of sp³-hybridized carbons (Fsp3) is 0.946. The summed E-state index contributed by atoms with van der Waals surface area (Å²) in [7, 11) is 0. The Morgan fingerprint density at radius 1 is 0.508 bits per heavy atom. The number of unbranched alkanes of at least 4 members (excludes halogenated alkanes) is 37. The Labute approximate surface area is 401 Å². The number of carbonyl (C=O) groups is 1. The van der Waals surface area contributed by atoms with Crippen molar-refractivity contribution in [1.29, 1.82) is 0 Å². The fourth-order valence-electron chi connectivity index (χ4n) is 9.34. The molecule has 0 aromatic rings. The van der Waals surface area contributed by atoms with Crippen molar-refractivity contribution in [2.24, 2.45) is 0 Å². The minimum Gasteiger partial charge on any atom is -0.394 e. The number of aliphatic hydroxyl groups is 5. The number of hydrogen-bond donors (Lipinski definition) is 6. The molecule has 9 nitrogen and oxygen atoms in total. The molecule has 0 bridgehead atoms. The van der Waals surface area contributed by atoms with Gasteiger partial charge in [0.2, 0.25) is 5.91 Å². The second-order valence-electron chi connectivity index (χ2n) is 20.1. The number of rotatable bonds is 49. The summed E-state index contributed by atoms with van der Waals surface area (Å²) in [6.07, 6.45) is 49.7. The highest BCUT2D eigenvalue weighted by Gasteiger charge is 2.44. The minimum absolute atomic E-state index is 0.138. The van der Waals surface area contributed by atoms with Crippen LogP contribution in [-0.2, 0) is 14.3 Å². The first-order chi connectivity index (χ1) is 31.8. The van der Waals surface area contributed by atoms with Gasteiger partial charge in [0.25, 0.3) is 0 Å². The molecule has 65 heavy (non-hydrogen) atoms. The molecule has 1 heterocycles. The van der Waals surface area contributed by atoms with E-state index in [1.54, 1.807) is 0 Å². The van der Waals surface area contributed by atoms with Crippen molar-refractivity contribution in [1.82, 2.24) is 5.32 Å². The van der Waals surface area contributed by atoms with Crippen LogP contribution in [0, 0.1) is 0 Å². The third-order valence-corrected chi connectivity index (χ3v) is 13.9. The first-order valence-corrected chi connectivity index (χ1v) is 28.4. The topological polar surface area (TPSA) is 149 Å². The maximum atomic E-state index is 13.0. The predicted molar refractivity (Wildman–Crippen MR) is 272 cm³/mol. The number of amides is 1. The van der Waals surface area contributed by atoms with Crippen LogP contribution in [-0.4, -0.2) is 87.5 Å². The summed E-state index contributed by atoms with van der Waals surface area (Å²) in [6.45, 7) is 3.84. The number of nitrogens with one attached hydrogen (secondary N) is 1. The van der Waals surface area contributed by atoms with Crippen LogP contribution in [0.25, 0.3) is 0 Å². The zero-order valence-corrected chi connectivity index (χ0v) is 42.8. The number of hydrogen-bond acceptors (Lipinski definition) is 8. The average molecular weight is 924 g/mol. The molecule has 1 saturated heterocycles. The van der Waals surface area contributed by atoms with Crippen molar-refractivity contribution >= 4 is 5.91 Å². The molecule has 0 saturated carbocycles. The third-order valence-electron chi connectivity index (χ3n) is 13.9. The quantitative estimate of drug-likeness (QED) is 0.0261. The SMILES string of the molecule is CCCCCC/C=C\CCCCCCCC(=O)NC(COC1OC(CO)C(O)C(O)C1O)C(O)CCCCCCCCCCCCCCCCCCCCCCCCCCCCCCC. The smallest absolute Gasteiger partial charge is 0.220 e. The van der Waals surface area contributed by atoms with Crippen molar-refractivity contribution in [3.05, 3.63) is 12.2 Å². The normalized spacial score (nSPS) is 19.9. The van der Waals surface area contributed by atoms with Gasteiger partial charge in [0.15, 0.2) is 6.29 Å². The second kappa shape index (κ2) is 46.6. The van der Waals surface area contributed by atoms with Crippen LogP contribution >= 0.6 is 0 Å². The van der Waals surface area contributed by atoms with E-state index in [1.165, 1.54) is 205 Å². The molecule has 1 aliphatic rings. The van der Waals surface area contributed by atoms with Crippen LogP contribution in [0.3, 0.4) is 0 Å². The first kappa shape index (κ1) is 61.9. The number of aliphatic hydroxyl groups excluding tert-OH is 5. The van der Waals surface area contributed by atoms with E-state index in [9.17, 15) is 30.3 Å². The van der Waals surface area contributed by atoms with Gasteiger partial charge in [-0.05, 0) is 38.5 Å². The highest BCUT2D eigenvalue weighted by molar-refractivity contribution is 5.76. The summed E-state index contributed by atoms with van der Waals surface area (Å²) in [5.74, 6) is -0.150. The van der Waals surface area contributed by atoms with E-state index in [1.807, 2.05) is 0 Å². The maximum Gasteiger partial charge on any atom is 0.220 e. The minimum atomic E-state index is -1.55. The summed E-state index contributed by atoms with van der Waals surface area (Å²) in [6, 6.07) is -0.720. The molecule has 0 radical (unpaired) electrons. The van der Waals surface area contributed by atoms with Crippen LogP contribution in [0.1, 0.15) is 284 Å². The van der Waals surface area contributed by atoms with Gasteiger partial charge in [0.1, 0.15) is 24.4 Å². The zero-order chi connectivity index (χ0) is 47.3. The molecule has 386 valence electrons. The van der Waals surface area contributed by atoms with Crippen LogP contribution in [0.2, 0.25) is 0 Å². The molecule has 6 N–H and O–H groups in total. The van der Waals surface area contributed by atoms with Crippen molar-refractivity contribution in [3.8, 4) is 0 Å². The first-order valence-electron chi connectivity index (χ1n) is 28.4. The highest BCUT2D eigenvalue weighted by Crippen LogP contribution is 2.23. The molecular formula is C56H109NO8. The van der Waals surface area contributed by atoms with Gasteiger partial charge in [0.05, 0.1) is 25.4 Å². The van der Waals surface area contributed by atoms with Crippen molar-refractivity contribution in [3.63, 3.8) is 0 Å². The Morgan fingerprint density at radius 3 is 1.26 bits per heavy atom. The predicted octanol–water partition coefficient (Wildman–Crippen LogP) is 13.6. The van der Waals surface area contributed by atoms with Crippen molar-refractivity contribution < 1.29 is 39.8 Å². The monoisotopic (exact) mass is 924 g/mol. The summed E-state index contributed by atoms with van der Waals surface area (Å²) < 4.78 is 11.3. The number of carbonyl (C=O) groups excluding carboxylic acids is 1. The average Bonchev–Trinajstić information content (AvgIpc) is 3.31. The van der Waals surface area contributed by atoms with Gasteiger partial charge < -0.3 is 40.3 Å². The number of ether oxygens (including phenoxy) is 2. The Balaban J connectivity index is 2.14. The summed E-state index contributed by atoms with van der Waals surface area (Å²) in [5, 5.41) is 54.6. The lowest BCUT2D eigenvalue weighted by Crippen LogP contribution is -2.60. The molecule has 0 aliphatic carbocycles. The third kappa shape index (κ3) is 36.6. The van der Waals surface area contributed by atoms with E-state index in [-0.39, 0.29) is 12.5 Å². The Kier molecular flexibility index (Phi) is 44.5. The lowest BCUT2D eigenvalue weighted by atomic mass is 9.99. The summed E-state index contributed by atoms with van der Waals surface area (Å²) in [4.78, 5) is 13.0. The van der Waals surface area contributed by atoms with Crippen LogP contribution in [0.4, 0.5) is 0 Å². The molecule has 0 aromatic carbocycles. The number of allylic oxidation sites excluding steroid dienone is 2. The van der Waals surface area contributed by atoms with E-state index in [2.05, 4.69) is 31.3 Å². The zero-order valence-electron chi connectivity index (χ0n) is 42.8. The molecule has 1 amide bonds. The summed E-state index contributed by atoms with van der Waals surface area (Å²) in [5.41, 5.74) is 0. The van der Waals surface area contributed by atoms with Crippen LogP contribution in [0.5, 0.6) is 0 Å². The molecule has 7 unspecified atom stereocenters. The second-order valence-corrected chi connectivity index (χ2v) is 20.1. The van der Waals surface area contributed by atoms with Gasteiger partial charge >= 0.3 is 0 Å². The molecule has 0 aromatic heterocycles. The van der Waals surface area contributed by atoms with Gasteiger partial charge in [0, 0.05) is 6.42 Å². The van der Waals surface area contributed by atoms with Crippen molar-refractivity contribution in [2.45, 2.75) is 326 Å². The highest BCUT2D eigenvalue weighted by atomic mass is 16.7. The fourth-order valence-corrected chi connectivity index (χ4v) is 9.34. The van der Waals surface area contributed by atoms with E-state index in [0.717, 1.165) is 51.4 Å². The molecular weight excluding hydrogens is 815 g/mol. The standard InChI is InChI=1S/C56H109NO8/c1-3-5-7-9-11-13-15-17-18-19-20-21-22-23-24-25-26-27-28-29-30-31-32-34-35-37-39-41-43-45-50(59)49(48-64-56-55(63)54(62)53(61)51(47-58)65-56)57-52(60)46-44-42-40-38-36-33-16-14-12-10-8-6-4-2/h14,16,49-51,53-56,58-59,61-63H,3-13,15,17-48H2,1-2H3,(H,57,60)/b16-14-. The van der Waals surface area contributed by atoms with E-state index in [0.29, 0.717) is 12.8 Å². The van der Waals surface area contributed by atoms with Crippen LogP contribution < -0.4 is 5.32 Å². The lowest BCUT2D eigenvalue weighted by molar-refractivity contribution is -0.302. The Morgan fingerprint density at radius 2 is 0.862 bits per heavy atom. The molecule has 0 spiro atoms. The lowest BCUT2D eigenvalue weighted by Gasteiger charge is -2.40. The maximum absolute atomic E-state index is 13.0. The van der Waals surface area contributed by atoms with E-state index >= 15 is 0 Å². The Hall–Kier alpha value is -1.07. The van der Waals surface area contributed by atoms with E-state index in [4.69, 9.17) is 9.47 Å². The van der Waals surface area contributed by atoms with E-state index < -0.39 is 49.5 Å². The molecule has 1 fully saturated rings.